The minimum absolute atomic E-state index is 0.0166. The van der Waals surface area contributed by atoms with Crippen molar-refractivity contribution in [2.75, 3.05) is 37.7 Å². The molecule has 0 aliphatic carbocycles. The number of hydrogen-bond acceptors (Lipinski definition) is 6. The monoisotopic (exact) mass is 481 g/mol. The van der Waals surface area contributed by atoms with Gasteiger partial charge in [0.05, 0.1) is 16.7 Å². The van der Waals surface area contributed by atoms with Crippen LogP contribution in [0.1, 0.15) is 45.4 Å². The zero-order valence-electron chi connectivity index (χ0n) is 18.4. The Bertz CT molecular complexity index is 956. The fourth-order valence-corrected chi connectivity index (χ4v) is 7.01. The van der Waals surface area contributed by atoms with Gasteiger partial charge in [0.1, 0.15) is 6.54 Å². The van der Waals surface area contributed by atoms with E-state index < -0.39 is 10.0 Å². The highest BCUT2D eigenvalue weighted by Gasteiger charge is 2.32. The highest BCUT2D eigenvalue weighted by atomic mass is 32.2. The SMILES string of the molecule is C[C@@H]1CC(=O)N(CC(=O)NC[C@H]2CCCO2)c2cc(S(=O)(=O)N3CCCCC3)ccc2S1. The minimum Gasteiger partial charge on any atom is -0.376 e. The lowest BCUT2D eigenvalue weighted by Gasteiger charge is -2.27. The molecule has 3 aliphatic rings. The Hall–Kier alpha value is -1.62. The van der Waals surface area contributed by atoms with Gasteiger partial charge in [-0.2, -0.15) is 4.31 Å². The molecule has 3 heterocycles. The number of ether oxygens (including phenoxy) is 1. The van der Waals surface area contributed by atoms with Crippen molar-refractivity contribution in [1.82, 2.24) is 9.62 Å². The van der Waals surface area contributed by atoms with Crippen molar-refractivity contribution >= 4 is 39.3 Å². The van der Waals surface area contributed by atoms with Gasteiger partial charge < -0.3 is 15.0 Å². The van der Waals surface area contributed by atoms with Crippen LogP contribution in [0.2, 0.25) is 0 Å². The van der Waals surface area contributed by atoms with E-state index in [0.29, 0.717) is 31.9 Å². The fraction of sp³-hybridized carbons (Fsp3) is 0.636. The molecule has 2 atom stereocenters. The van der Waals surface area contributed by atoms with E-state index in [0.717, 1.165) is 37.0 Å². The minimum atomic E-state index is -3.64. The molecule has 10 heteroatoms. The average Bonchev–Trinajstić information content (AvgIpc) is 3.27. The second kappa shape index (κ2) is 10.1. The maximum Gasteiger partial charge on any atom is 0.243 e. The summed E-state index contributed by atoms with van der Waals surface area (Å²) >= 11 is 1.53. The van der Waals surface area contributed by atoms with Crippen LogP contribution in [0.5, 0.6) is 0 Å². The third-order valence-electron chi connectivity index (χ3n) is 6.12. The quantitative estimate of drug-likeness (QED) is 0.670. The van der Waals surface area contributed by atoms with Gasteiger partial charge in [-0.15, -0.1) is 11.8 Å². The lowest BCUT2D eigenvalue weighted by atomic mass is 10.2. The molecule has 0 spiro atoms. The number of amides is 2. The Morgan fingerprint density at radius 3 is 2.72 bits per heavy atom. The van der Waals surface area contributed by atoms with Crippen LogP contribution in [0.4, 0.5) is 5.69 Å². The van der Waals surface area contributed by atoms with Gasteiger partial charge in [0, 0.05) is 42.8 Å². The number of rotatable bonds is 6. The van der Waals surface area contributed by atoms with E-state index in [-0.39, 0.29) is 41.0 Å². The van der Waals surface area contributed by atoms with Crippen molar-refractivity contribution in [3.05, 3.63) is 18.2 Å². The van der Waals surface area contributed by atoms with E-state index in [1.165, 1.54) is 21.0 Å². The van der Waals surface area contributed by atoms with Crippen LogP contribution in [-0.2, 0) is 24.3 Å². The lowest BCUT2D eigenvalue weighted by Crippen LogP contribution is -2.43. The normalized spacial score (nSPS) is 24.8. The van der Waals surface area contributed by atoms with Gasteiger partial charge in [-0.1, -0.05) is 13.3 Å². The topological polar surface area (TPSA) is 96.0 Å². The van der Waals surface area contributed by atoms with Crippen LogP contribution < -0.4 is 10.2 Å². The van der Waals surface area contributed by atoms with Gasteiger partial charge in [-0.3, -0.25) is 9.59 Å². The molecule has 2 saturated heterocycles. The van der Waals surface area contributed by atoms with Crippen LogP contribution in [0.3, 0.4) is 0 Å². The maximum absolute atomic E-state index is 13.2. The predicted octanol–water partition coefficient (Wildman–Crippen LogP) is 2.37. The number of nitrogens with one attached hydrogen (secondary N) is 1. The Morgan fingerprint density at radius 2 is 2.00 bits per heavy atom. The van der Waals surface area contributed by atoms with E-state index in [2.05, 4.69) is 5.32 Å². The summed E-state index contributed by atoms with van der Waals surface area (Å²) in [6.07, 6.45) is 4.95. The van der Waals surface area contributed by atoms with Crippen molar-refractivity contribution in [2.45, 2.75) is 66.6 Å². The molecule has 2 amide bonds. The Labute approximate surface area is 194 Å². The van der Waals surface area contributed by atoms with Crippen molar-refractivity contribution in [3.8, 4) is 0 Å². The maximum atomic E-state index is 13.2. The summed E-state index contributed by atoms with van der Waals surface area (Å²) < 4.78 is 33.5. The molecule has 0 unspecified atom stereocenters. The van der Waals surface area contributed by atoms with E-state index >= 15 is 0 Å². The fourth-order valence-electron chi connectivity index (χ4n) is 4.38. The molecule has 1 N–H and O–H groups in total. The Balaban J connectivity index is 1.58. The number of piperidine rings is 1. The molecule has 4 rings (SSSR count). The number of fused-ring (bicyclic) bond motifs is 1. The third kappa shape index (κ3) is 5.30. The van der Waals surface area contributed by atoms with Gasteiger partial charge in [-0.05, 0) is 43.9 Å². The van der Waals surface area contributed by atoms with Gasteiger partial charge in [0.25, 0.3) is 0 Å². The summed E-state index contributed by atoms with van der Waals surface area (Å²) in [5.74, 6) is -0.452. The summed E-state index contributed by atoms with van der Waals surface area (Å²) in [5, 5.41) is 2.89. The first-order valence-electron chi connectivity index (χ1n) is 11.3. The number of hydrogen-bond donors (Lipinski definition) is 1. The Morgan fingerprint density at radius 1 is 1.22 bits per heavy atom. The molecule has 0 bridgehead atoms. The molecule has 32 heavy (non-hydrogen) atoms. The van der Waals surface area contributed by atoms with Crippen molar-refractivity contribution in [1.29, 1.82) is 0 Å². The number of nitrogens with zero attached hydrogens (tertiary/aromatic N) is 2. The molecular weight excluding hydrogens is 450 g/mol. The highest BCUT2D eigenvalue weighted by Crippen LogP contribution is 2.39. The van der Waals surface area contributed by atoms with Gasteiger partial charge in [-0.25, -0.2) is 8.42 Å². The Kier molecular flexibility index (Phi) is 7.44. The molecule has 0 saturated carbocycles. The summed E-state index contributed by atoms with van der Waals surface area (Å²) in [4.78, 5) is 28.1. The zero-order valence-corrected chi connectivity index (χ0v) is 20.1. The van der Waals surface area contributed by atoms with Crippen molar-refractivity contribution in [2.24, 2.45) is 0 Å². The standard InChI is InChI=1S/C22H31N3O5S2/c1-16-12-22(27)25(15-21(26)23-14-17-6-5-11-30-17)19-13-18(7-8-20(19)31-16)32(28,29)24-9-3-2-4-10-24/h7-8,13,16-17H,2-6,9-12,14-15H2,1H3,(H,23,26)/t16-,17-/m1/s1. The van der Waals surface area contributed by atoms with E-state index in [1.54, 1.807) is 18.2 Å². The molecular formula is C22H31N3O5S2. The second-order valence-corrected chi connectivity index (χ2v) is 12.1. The zero-order chi connectivity index (χ0) is 22.7. The van der Waals surface area contributed by atoms with E-state index in [4.69, 9.17) is 4.74 Å². The summed E-state index contributed by atoms with van der Waals surface area (Å²) in [6, 6.07) is 4.95. The number of benzene rings is 1. The molecule has 0 radical (unpaired) electrons. The van der Waals surface area contributed by atoms with Crippen LogP contribution in [0.25, 0.3) is 0 Å². The summed E-state index contributed by atoms with van der Waals surface area (Å²) in [5.41, 5.74) is 0.495. The average molecular weight is 482 g/mol. The number of anilines is 1. The molecule has 1 aromatic rings. The van der Waals surface area contributed by atoms with E-state index in [9.17, 15) is 18.0 Å². The molecule has 0 aromatic heterocycles. The van der Waals surface area contributed by atoms with Gasteiger partial charge in [0.2, 0.25) is 21.8 Å². The first-order valence-corrected chi connectivity index (χ1v) is 13.7. The first-order chi connectivity index (χ1) is 15.3. The van der Waals surface area contributed by atoms with E-state index in [1.807, 2.05) is 6.92 Å². The number of thioether (sulfide) groups is 1. The molecule has 1 aromatic carbocycles. The smallest absolute Gasteiger partial charge is 0.243 e. The van der Waals surface area contributed by atoms with Crippen LogP contribution >= 0.6 is 11.8 Å². The summed E-state index contributed by atoms with van der Waals surface area (Å²) in [6.45, 7) is 3.98. The largest absolute Gasteiger partial charge is 0.376 e. The van der Waals surface area contributed by atoms with Gasteiger partial charge >= 0.3 is 0 Å². The molecule has 176 valence electrons. The molecule has 2 fully saturated rings. The first kappa shape index (κ1) is 23.5. The predicted molar refractivity (Wildman–Crippen MR) is 123 cm³/mol. The number of carbonyl (C=O) groups excluding carboxylic acids is 2. The second-order valence-electron chi connectivity index (χ2n) is 8.65. The highest BCUT2D eigenvalue weighted by molar-refractivity contribution is 8.00. The van der Waals surface area contributed by atoms with Crippen LogP contribution in [0.15, 0.2) is 28.0 Å². The van der Waals surface area contributed by atoms with Crippen LogP contribution in [0, 0.1) is 0 Å². The van der Waals surface area contributed by atoms with Gasteiger partial charge in [0.15, 0.2) is 0 Å². The third-order valence-corrected chi connectivity index (χ3v) is 9.18. The number of carbonyl (C=O) groups is 2. The van der Waals surface area contributed by atoms with Crippen LogP contribution in [-0.4, -0.2) is 68.7 Å². The molecule has 3 aliphatic heterocycles. The lowest BCUT2D eigenvalue weighted by molar-refractivity contribution is -0.124. The number of sulfonamides is 1. The van der Waals surface area contributed by atoms with Crippen molar-refractivity contribution in [3.63, 3.8) is 0 Å². The summed E-state index contributed by atoms with van der Waals surface area (Å²) in [7, 11) is -3.64. The van der Waals surface area contributed by atoms with Crippen molar-refractivity contribution < 1.29 is 22.7 Å². The molecule has 8 nitrogen and oxygen atoms in total.